The van der Waals surface area contributed by atoms with Crippen LogP contribution in [-0.2, 0) is 14.8 Å². The van der Waals surface area contributed by atoms with Gasteiger partial charge in [-0.15, -0.1) is 0 Å². The SMILES string of the molecule is CCCCC[C@@H](C)NC(=S)NC(=O)c1cc(S(=O)(=O)N2CCOCC2)ccc1C. The molecule has 1 fully saturated rings. The van der Waals surface area contributed by atoms with Gasteiger partial charge < -0.3 is 10.1 Å². The molecule has 0 saturated carbocycles. The molecule has 0 aromatic heterocycles. The number of sulfonamides is 1. The van der Waals surface area contributed by atoms with E-state index < -0.39 is 15.9 Å². The van der Waals surface area contributed by atoms with Gasteiger partial charge in [-0.3, -0.25) is 10.1 Å². The fourth-order valence-corrected chi connectivity index (χ4v) is 4.87. The van der Waals surface area contributed by atoms with Gasteiger partial charge in [0.25, 0.3) is 5.91 Å². The molecular formula is C20H31N3O4S2. The zero-order chi connectivity index (χ0) is 21.4. The lowest BCUT2D eigenvalue weighted by Crippen LogP contribution is -2.43. The second-order valence-corrected chi connectivity index (χ2v) is 9.66. The quantitative estimate of drug-likeness (QED) is 0.476. The average Bonchev–Trinajstić information content (AvgIpc) is 2.68. The smallest absolute Gasteiger partial charge is 0.257 e. The second-order valence-electron chi connectivity index (χ2n) is 7.32. The minimum Gasteiger partial charge on any atom is -0.379 e. The zero-order valence-electron chi connectivity index (χ0n) is 17.4. The van der Waals surface area contributed by atoms with Crippen molar-refractivity contribution in [1.29, 1.82) is 0 Å². The Hall–Kier alpha value is -1.55. The molecule has 0 spiro atoms. The third-order valence-electron chi connectivity index (χ3n) is 4.91. The van der Waals surface area contributed by atoms with E-state index in [1.165, 1.54) is 16.4 Å². The number of morpholine rings is 1. The van der Waals surface area contributed by atoms with Crippen molar-refractivity contribution in [2.45, 2.75) is 57.4 Å². The Bertz CT molecular complexity index is 821. The Morgan fingerprint density at radius 3 is 2.62 bits per heavy atom. The Labute approximate surface area is 179 Å². The van der Waals surface area contributed by atoms with Crippen LogP contribution < -0.4 is 10.6 Å². The molecule has 2 rings (SSSR count). The van der Waals surface area contributed by atoms with Crippen molar-refractivity contribution in [1.82, 2.24) is 14.9 Å². The molecule has 0 radical (unpaired) electrons. The highest BCUT2D eigenvalue weighted by Crippen LogP contribution is 2.20. The highest BCUT2D eigenvalue weighted by Gasteiger charge is 2.27. The molecule has 0 unspecified atom stereocenters. The van der Waals surface area contributed by atoms with Crippen LogP contribution in [-0.4, -0.2) is 56.1 Å². The predicted octanol–water partition coefficient (Wildman–Crippen LogP) is 2.59. The average molecular weight is 442 g/mol. The monoisotopic (exact) mass is 441 g/mol. The number of hydrogen-bond donors (Lipinski definition) is 2. The first-order valence-corrected chi connectivity index (χ1v) is 11.9. The minimum absolute atomic E-state index is 0.0990. The van der Waals surface area contributed by atoms with Crippen LogP contribution in [0.25, 0.3) is 0 Å². The molecule has 0 aliphatic carbocycles. The van der Waals surface area contributed by atoms with Gasteiger partial charge in [0.1, 0.15) is 0 Å². The number of aryl methyl sites for hydroxylation is 1. The van der Waals surface area contributed by atoms with Crippen LogP contribution in [0.1, 0.15) is 55.5 Å². The lowest BCUT2D eigenvalue weighted by atomic mass is 10.1. The van der Waals surface area contributed by atoms with Gasteiger partial charge >= 0.3 is 0 Å². The number of benzene rings is 1. The number of carbonyl (C=O) groups is 1. The number of nitrogens with one attached hydrogen (secondary N) is 2. The molecule has 0 bridgehead atoms. The first-order valence-electron chi connectivity index (χ1n) is 10.1. The van der Waals surface area contributed by atoms with E-state index >= 15 is 0 Å². The highest BCUT2D eigenvalue weighted by atomic mass is 32.2. The highest BCUT2D eigenvalue weighted by molar-refractivity contribution is 7.89. The van der Waals surface area contributed by atoms with Crippen LogP contribution in [0, 0.1) is 6.92 Å². The van der Waals surface area contributed by atoms with Gasteiger partial charge in [0.2, 0.25) is 10.0 Å². The summed E-state index contributed by atoms with van der Waals surface area (Å²) in [5, 5.41) is 6.03. The molecule has 162 valence electrons. The van der Waals surface area contributed by atoms with Crippen molar-refractivity contribution in [3.05, 3.63) is 29.3 Å². The Kier molecular flexibility index (Phi) is 9.01. The molecule has 7 nitrogen and oxygen atoms in total. The zero-order valence-corrected chi connectivity index (χ0v) is 19.0. The van der Waals surface area contributed by atoms with E-state index in [-0.39, 0.29) is 16.0 Å². The number of carbonyl (C=O) groups excluding carboxylic acids is 1. The van der Waals surface area contributed by atoms with E-state index in [2.05, 4.69) is 17.6 Å². The summed E-state index contributed by atoms with van der Waals surface area (Å²) in [5.41, 5.74) is 0.976. The van der Waals surface area contributed by atoms with Crippen LogP contribution in [0.15, 0.2) is 23.1 Å². The van der Waals surface area contributed by atoms with Gasteiger partial charge in [-0.25, -0.2) is 8.42 Å². The molecule has 1 aliphatic heterocycles. The summed E-state index contributed by atoms with van der Waals surface area (Å²) < 4.78 is 32.3. The Morgan fingerprint density at radius 1 is 1.28 bits per heavy atom. The summed E-state index contributed by atoms with van der Waals surface area (Å²) >= 11 is 5.25. The molecular weight excluding hydrogens is 410 g/mol. The summed E-state index contributed by atoms with van der Waals surface area (Å²) in [6.07, 6.45) is 4.38. The molecule has 9 heteroatoms. The van der Waals surface area contributed by atoms with Crippen LogP contribution in [0.5, 0.6) is 0 Å². The summed E-state index contributed by atoms with van der Waals surface area (Å²) in [6.45, 7) is 7.30. The number of nitrogens with zero attached hydrogens (tertiary/aromatic N) is 1. The minimum atomic E-state index is -3.67. The second kappa shape index (κ2) is 11.0. The predicted molar refractivity (Wildman–Crippen MR) is 118 cm³/mol. The van der Waals surface area contributed by atoms with Crippen LogP contribution in [0.4, 0.5) is 0 Å². The van der Waals surface area contributed by atoms with Gasteiger partial charge in [-0.2, -0.15) is 4.31 Å². The molecule has 2 N–H and O–H groups in total. The van der Waals surface area contributed by atoms with Gasteiger partial charge in [0.15, 0.2) is 5.11 Å². The van der Waals surface area contributed by atoms with Gasteiger partial charge in [-0.1, -0.05) is 32.3 Å². The first-order chi connectivity index (χ1) is 13.8. The summed E-state index contributed by atoms with van der Waals surface area (Å²) in [4.78, 5) is 12.8. The van der Waals surface area contributed by atoms with Crippen molar-refractivity contribution in [2.75, 3.05) is 26.3 Å². The molecule has 1 saturated heterocycles. The van der Waals surface area contributed by atoms with Crippen LogP contribution in [0.2, 0.25) is 0 Å². The van der Waals surface area contributed by atoms with E-state index in [1.54, 1.807) is 13.0 Å². The lowest BCUT2D eigenvalue weighted by Gasteiger charge is -2.26. The summed E-state index contributed by atoms with van der Waals surface area (Å²) in [7, 11) is -3.67. The topological polar surface area (TPSA) is 87.7 Å². The Morgan fingerprint density at radius 2 is 1.97 bits per heavy atom. The van der Waals surface area contributed by atoms with Crippen LogP contribution in [0.3, 0.4) is 0 Å². The van der Waals surface area contributed by atoms with Crippen LogP contribution >= 0.6 is 12.2 Å². The first kappa shape index (κ1) is 23.7. The van der Waals surface area contributed by atoms with Crippen molar-refractivity contribution >= 4 is 33.3 Å². The number of hydrogen-bond acceptors (Lipinski definition) is 5. The maximum Gasteiger partial charge on any atom is 0.257 e. The Balaban J connectivity index is 2.06. The summed E-state index contributed by atoms with van der Waals surface area (Å²) in [6, 6.07) is 4.75. The molecule has 1 amide bonds. The normalized spacial score (nSPS) is 16.2. The van der Waals surface area contributed by atoms with Gasteiger partial charge in [-0.05, 0) is 50.2 Å². The van der Waals surface area contributed by atoms with E-state index in [9.17, 15) is 13.2 Å². The number of ether oxygens (including phenoxy) is 1. The molecule has 1 aromatic rings. The molecule has 1 aliphatic rings. The standard InChI is InChI=1S/C20H31N3O4S2/c1-4-5-6-7-16(3)21-20(28)22-19(24)18-14-17(9-8-15(18)2)29(25,26)23-10-12-27-13-11-23/h8-9,14,16H,4-7,10-13H2,1-3H3,(H2,21,22,24,28)/t16-/m1/s1. The molecule has 29 heavy (non-hydrogen) atoms. The molecule has 1 aromatic carbocycles. The largest absolute Gasteiger partial charge is 0.379 e. The number of thiocarbonyl (C=S) groups is 1. The van der Waals surface area contributed by atoms with Crippen molar-refractivity contribution in [3.8, 4) is 0 Å². The summed E-state index contributed by atoms with van der Waals surface area (Å²) in [5.74, 6) is -0.417. The maximum atomic E-state index is 12.9. The number of amides is 1. The lowest BCUT2D eigenvalue weighted by molar-refractivity contribution is 0.0730. The number of unbranched alkanes of at least 4 members (excludes halogenated alkanes) is 2. The molecule has 1 heterocycles. The van der Waals surface area contributed by atoms with E-state index in [1.807, 2.05) is 6.92 Å². The molecule has 1 atom stereocenters. The fourth-order valence-electron chi connectivity index (χ4n) is 3.15. The van der Waals surface area contributed by atoms with E-state index in [4.69, 9.17) is 17.0 Å². The van der Waals surface area contributed by atoms with E-state index in [0.29, 0.717) is 37.4 Å². The third-order valence-corrected chi connectivity index (χ3v) is 7.02. The maximum absolute atomic E-state index is 12.9. The van der Waals surface area contributed by atoms with Crippen molar-refractivity contribution in [2.24, 2.45) is 0 Å². The van der Waals surface area contributed by atoms with E-state index in [0.717, 1.165) is 25.7 Å². The van der Waals surface area contributed by atoms with Crippen molar-refractivity contribution in [3.63, 3.8) is 0 Å². The van der Waals surface area contributed by atoms with Gasteiger partial charge in [0.05, 0.1) is 18.1 Å². The number of rotatable bonds is 8. The van der Waals surface area contributed by atoms with Crippen molar-refractivity contribution < 1.29 is 17.9 Å². The van der Waals surface area contributed by atoms with Gasteiger partial charge in [0, 0.05) is 24.7 Å². The fraction of sp³-hybridized carbons (Fsp3) is 0.600. The third kappa shape index (κ3) is 6.74.